The highest BCUT2D eigenvalue weighted by Crippen LogP contribution is 2.27. The van der Waals surface area contributed by atoms with E-state index in [0.717, 1.165) is 0 Å². The number of rotatable bonds is 4. The number of hydrogen-bond acceptors (Lipinski definition) is 4. The maximum absolute atomic E-state index is 11.3. The van der Waals surface area contributed by atoms with E-state index in [-0.39, 0.29) is 6.61 Å². The average Bonchev–Trinajstić information content (AvgIpc) is 2.24. The second-order valence-corrected chi connectivity index (χ2v) is 5.36. The maximum Gasteiger partial charge on any atom is 0.379 e. The lowest BCUT2D eigenvalue weighted by molar-refractivity contribution is -0.321. The zero-order chi connectivity index (χ0) is 13.8. The Morgan fingerprint density at radius 2 is 1.94 bits per heavy atom. The first-order chi connectivity index (χ1) is 8.28. The summed E-state index contributed by atoms with van der Waals surface area (Å²) >= 11 is 11.6. The summed E-state index contributed by atoms with van der Waals surface area (Å²) in [6.07, 6.45) is 0. The molecule has 0 radical (unpaired) electrons. The predicted octanol–water partition coefficient (Wildman–Crippen LogP) is 3.65. The highest BCUT2D eigenvalue weighted by molar-refractivity contribution is 6.35. The van der Waals surface area contributed by atoms with Crippen LogP contribution in [0.3, 0.4) is 0 Å². The summed E-state index contributed by atoms with van der Waals surface area (Å²) in [6.45, 7) is 4.99. The van der Waals surface area contributed by atoms with Crippen molar-refractivity contribution in [2.24, 2.45) is 0 Å². The van der Waals surface area contributed by atoms with Gasteiger partial charge in [0, 0.05) is 5.02 Å². The third kappa shape index (κ3) is 5.58. The molecule has 0 saturated carbocycles. The highest BCUT2D eigenvalue weighted by atomic mass is 35.5. The van der Waals surface area contributed by atoms with Gasteiger partial charge in [-0.15, -0.1) is 0 Å². The number of halogens is 2. The third-order valence-electron chi connectivity index (χ3n) is 1.62. The van der Waals surface area contributed by atoms with E-state index in [9.17, 15) is 4.79 Å². The molecule has 0 aliphatic carbocycles. The first kappa shape index (κ1) is 15.1. The van der Waals surface area contributed by atoms with Crippen LogP contribution in [0.5, 0.6) is 5.75 Å². The normalized spacial score (nSPS) is 11.2. The van der Waals surface area contributed by atoms with Crippen LogP contribution in [0.15, 0.2) is 18.2 Å². The van der Waals surface area contributed by atoms with Gasteiger partial charge in [0.05, 0.1) is 5.02 Å². The Bertz CT molecular complexity index is 427. The zero-order valence-electron chi connectivity index (χ0n) is 10.3. The molecule has 1 aromatic rings. The van der Waals surface area contributed by atoms with Crippen molar-refractivity contribution in [3.63, 3.8) is 0 Å². The molecule has 0 aliphatic heterocycles. The number of benzene rings is 1. The molecule has 0 spiro atoms. The molecular weight excluding hydrogens is 279 g/mol. The Labute approximate surface area is 116 Å². The van der Waals surface area contributed by atoms with Crippen LogP contribution in [-0.2, 0) is 14.6 Å². The van der Waals surface area contributed by atoms with Crippen molar-refractivity contribution in [3.8, 4) is 5.75 Å². The molecule has 18 heavy (non-hydrogen) atoms. The Morgan fingerprint density at radius 3 is 2.50 bits per heavy atom. The van der Waals surface area contributed by atoms with E-state index >= 15 is 0 Å². The van der Waals surface area contributed by atoms with Gasteiger partial charge in [-0.25, -0.2) is 4.79 Å². The predicted molar refractivity (Wildman–Crippen MR) is 68.9 cm³/mol. The van der Waals surface area contributed by atoms with Gasteiger partial charge in [0.2, 0.25) is 0 Å². The molecule has 0 unspecified atom stereocenters. The molecule has 0 aromatic heterocycles. The molecule has 0 fully saturated rings. The van der Waals surface area contributed by atoms with Gasteiger partial charge in [-0.05, 0) is 39.0 Å². The number of carbonyl (C=O) groups is 1. The van der Waals surface area contributed by atoms with Gasteiger partial charge in [0.15, 0.2) is 6.61 Å². The number of hydrogen-bond donors (Lipinski definition) is 0. The largest absolute Gasteiger partial charge is 0.480 e. The van der Waals surface area contributed by atoms with Crippen molar-refractivity contribution in [1.82, 2.24) is 0 Å². The fourth-order valence-corrected chi connectivity index (χ4v) is 1.39. The summed E-state index contributed by atoms with van der Waals surface area (Å²) in [4.78, 5) is 20.7. The van der Waals surface area contributed by atoms with Gasteiger partial charge in [0.25, 0.3) is 0 Å². The number of ether oxygens (including phenoxy) is 1. The van der Waals surface area contributed by atoms with Gasteiger partial charge in [0.1, 0.15) is 11.4 Å². The quantitative estimate of drug-likeness (QED) is 0.628. The zero-order valence-corrected chi connectivity index (χ0v) is 11.8. The van der Waals surface area contributed by atoms with Gasteiger partial charge in [-0.2, -0.15) is 4.89 Å². The fourth-order valence-electron chi connectivity index (χ4n) is 0.924. The second kappa shape index (κ2) is 6.27. The van der Waals surface area contributed by atoms with Crippen LogP contribution in [0.1, 0.15) is 20.8 Å². The van der Waals surface area contributed by atoms with Gasteiger partial charge in [-0.3, -0.25) is 4.89 Å². The van der Waals surface area contributed by atoms with Crippen LogP contribution < -0.4 is 4.74 Å². The van der Waals surface area contributed by atoms with Crippen molar-refractivity contribution in [2.75, 3.05) is 6.61 Å². The minimum absolute atomic E-state index is 0.294. The van der Waals surface area contributed by atoms with Crippen LogP contribution in [0.2, 0.25) is 10.0 Å². The van der Waals surface area contributed by atoms with E-state index in [0.29, 0.717) is 15.8 Å². The van der Waals surface area contributed by atoms with Crippen molar-refractivity contribution < 1.29 is 19.3 Å². The Kier molecular flexibility index (Phi) is 5.26. The summed E-state index contributed by atoms with van der Waals surface area (Å²) in [5.74, 6) is -0.287. The highest BCUT2D eigenvalue weighted by Gasteiger charge is 2.16. The molecular formula is C12H14Cl2O4. The van der Waals surface area contributed by atoms with Gasteiger partial charge in [-0.1, -0.05) is 23.2 Å². The molecule has 0 bridgehead atoms. The first-order valence-electron chi connectivity index (χ1n) is 5.24. The molecule has 1 rings (SSSR count). The lowest BCUT2D eigenvalue weighted by atomic mass is 10.2. The van der Waals surface area contributed by atoms with Gasteiger partial charge >= 0.3 is 5.97 Å². The van der Waals surface area contributed by atoms with E-state index in [2.05, 4.69) is 4.89 Å². The van der Waals surface area contributed by atoms with Crippen LogP contribution in [0, 0.1) is 0 Å². The summed E-state index contributed by atoms with van der Waals surface area (Å²) in [7, 11) is 0. The van der Waals surface area contributed by atoms with Crippen LogP contribution in [0.25, 0.3) is 0 Å². The van der Waals surface area contributed by atoms with E-state index in [1.54, 1.807) is 32.9 Å². The average molecular weight is 293 g/mol. The summed E-state index contributed by atoms with van der Waals surface area (Å²) < 4.78 is 5.17. The van der Waals surface area contributed by atoms with Crippen LogP contribution in [0.4, 0.5) is 0 Å². The smallest absolute Gasteiger partial charge is 0.379 e. The first-order valence-corrected chi connectivity index (χ1v) is 6.00. The lowest BCUT2D eigenvalue weighted by Crippen LogP contribution is -2.24. The van der Waals surface area contributed by atoms with Crippen molar-refractivity contribution in [3.05, 3.63) is 28.2 Å². The molecule has 0 amide bonds. The lowest BCUT2D eigenvalue weighted by Gasteiger charge is -2.16. The second-order valence-electron chi connectivity index (χ2n) is 4.51. The SMILES string of the molecule is CC(C)(C)OOC(=O)COc1ccc(Cl)cc1Cl. The monoisotopic (exact) mass is 292 g/mol. The standard InChI is InChI=1S/C12H14Cl2O4/c1-12(2,3)18-17-11(15)7-16-10-5-4-8(13)6-9(10)14/h4-6H,7H2,1-3H3. The summed E-state index contributed by atoms with van der Waals surface area (Å²) in [6, 6.07) is 4.71. The van der Waals surface area contributed by atoms with Crippen molar-refractivity contribution in [1.29, 1.82) is 0 Å². The van der Waals surface area contributed by atoms with Crippen LogP contribution in [-0.4, -0.2) is 18.2 Å². The molecule has 0 saturated heterocycles. The Hall–Kier alpha value is -0.970. The third-order valence-corrected chi connectivity index (χ3v) is 2.15. The molecule has 6 heteroatoms. The van der Waals surface area contributed by atoms with Crippen molar-refractivity contribution >= 4 is 29.2 Å². The summed E-state index contributed by atoms with van der Waals surface area (Å²) in [5, 5.41) is 0.818. The summed E-state index contributed by atoms with van der Waals surface area (Å²) in [5.41, 5.74) is -0.562. The topological polar surface area (TPSA) is 44.8 Å². The molecule has 0 heterocycles. The van der Waals surface area contributed by atoms with E-state index in [1.165, 1.54) is 6.07 Å². The molecule has 4 nitrogen and oxygen atoms in total. The van der Waals surface area contributed by atoms with E-state index in [4.69, 9.17) is 32.8 Å². The van der Waals surface area contributed by atoms with Crippen LogP contribution >= 0.6 is 23.2 Å². The minimum atomic E-state index is -0.643. The van der Waals surface area contributed by atoms with E-state index < -0.39 is 11.6 Å². The molecule has 0 N–H and O–H groups in total. The Morgan fingerprint density at radius 1 is 1.28 bits per heavy atom. The Balaban J connectivity index is 2.43. The number of carbonyl (C=O) groups excluding carboxylic acids is 1. The van der Waals surface area contributed by atoms with Crippen molar-refractivity contribution in [2.45, 2.75) is 26.4 Å². The minimum Gasteiger partial charge on any atom is -0.480 e. The molecule has 1 aromatic carbocycles. The molecule has 100 valence electrons. The molecule has 0 atom stereocenters. The fraction of sp³-hybridized carbons (Fsp3) is 0.417. The molecule has 0 aliphatic rings. The maximum atomic E-state index is 11.3. The van der Waals surface area contributed by atoms with E-state index in [1.807, 2.05) is 0 Å². The van der Waals surface area contributed by atoms with Gasteiger partial charge < -0.3 is 4.74 Å².